The maximum atomic E-state index is 11.2. The Bertz CT molecular complexity index is 973. The van der Waals surface area contributed by atoms with Gasteiger partial charge in [-0.1, -0.05) is 56.3 Å². The summed E-state index contributed by atoms with van der Waals surface area (Å²) >= 11 is 0. The molecule has 4 rings (SSSR count). The number of hydrogen-bond acceptors (Lipinski definition) is 2. The molecule has 1 aliphatic carbocycles. The molecule has 126 valence electrons. The highest BCUT2D eigenvalue weighted by Gasteiger charge is 2.40. The van der Waals surface area contributed by atoms with Crippen LogP contribution in [-0.4, -0.2) is 16.2 Å². The number of rotatable bonds is 2. The molecule has 0 radical (unpaired) electrons. The maximum Gasteiger partial charge on any atom is 0.405 e. The van der Waals surface area contributed by atoms with E-state index in [1.165, 1.54) is 10.9 Å². The average Bonchev–Trinajstić information content (AvgIpc) is 2.83. The lowest BCUT2D eigenvalue weighted by Crippen LogP contribution is -2.34. The van der Waals surface area contributed by atoms with Crippen molar-refractivity contribution in [3.05, 3.63) is 66.0 Å². The van der Waals surface area contributed by atoms with Crippen LogP contribution in [0.4, 0.5) is 4.79 Å². The molecule has 3 aromatic rings. The summed E-state index contributed by atoms with van der Waals surface area (Å²) in [5.41, 5.74) is 4.36. The van der Waals surface area contributed by atoms with Gasteiger partial charge in [0.05, 0.1) is 6.04 Å². The molecule has 4 heteroatoms. The van der Waals surface area contributed by atoms with Crippen molar-refractivity contribution >= 4 is 16.9 Å². The minimum Gasteiger partial charge on any atom is -0.465 e. The Hall–Kier alpha value is -2.88. The lowest BCUT2D eigenvalue weighted by Gasteiger charge is -2.27. The van der Waals surface area contributed by atoms with Crippen molar-refractivity contribution in [3.63, 3.8) is 0 Å². The van der Waals surface area contributed by atoms with Gasteiger partial charge in [0.2, 0.25) is 0 Å². The molecule has 0 fully saturated rings. The van der Waals surface area contributed by atoms with Gasteiger partial charge in [-0.05, 0) is 33.9 Å². The first-order valence-corrected chi connectivity index (χ1v) is 8.41. The number of carboxylic acid groups (broad SMARTS) is 1. The van der Waals surface area contributed by atoms with E-state index in [1.54, 1.807) is 0 Å². The highest BCUT2D eigenvalue weighted by molar-refractivity contribution is 5.95. The molecule has 2 aromatic carbocycles. The number of pyridine rings is 1. The van der Waals surface area contributed by atoms with Crippen molar-refractivity contribution in [2.75, 3.05) is 0 Å². The standard InChI is InChI=1S/C21H20N2O2/c1-21(2)10-15-9-13(7-8-17(15)19(21)23-20(24)25)18-12-22-11-14-5-3-4-6-16(14)18/h3-9,11-12,19,23H,10H2,1-2H3,(H,24,25). The molecule has 1 unspecified atom stereocenters. The molecule has 1 amide bonds. The van der Waals surface area contributed by atoms with E-state index >= 15 is 0 Å². The fourth-order valence-corrected chi connectivity index (χ4v) is 3.97. The fourth-order valence-electron chi connectivity index (χ4n) is 3.97. The molecule has 4 nitrogen and oxygen atoms in total. The van der Waals surface area contributed by atoms with Crippen molar-refractivity contribution in [2.24, 2.45) is 5.41 Å². The summed E-state index contributed by atoms with van der Waals surface area (Å²) < 4.78 is 0. The third kappa shape index (κ3) is 2.64. The number of amides is 1. The van der Waals surface area contributed by atoms with E-state index in [1.807, 2.05) is 24.5 Å². The van der Waals surface area contributed by atoms with Crippen LogP contribution >= 0.6 is 0 Å². The van der Waals surface area contributed by atoms with E-state index in [-0.39, 0.29) is 11.5 Å². The van der Waals surface area contributed by atoms with Crippen LogP contribution in [0.2, 0.25) is 0 Å². The van der Waals surface area contributed by atoms with Crippen molar-refractivity contribution < 1.29 is 9.90 Å². The predicted octanol–water partition coefficient (Wildman–Crippen LogP) is 4.79. The lowest BCUT2D eigenvalue weighted by atomic mass is 9.85. The largest absolute Gasteiger partial charge is 0.465 e. The summed E-state index contributed by atoms with van der Waals surface area (Å²) in [4.78, 5) is 15.5. The number of nitrogens with zero attached hydrogens (tertiary/aromatic N) is 1. The second-order valence-corrected chi connectivity index (χ2v) is 7.37. The topological polar surface area (TPSA) is 62.2 Å². The van der Waals surface area contributed by atoms with Crippen molar-refractivity contribution in [1.82, 2.24) is 10.3 Å². The molecular formula is C21H20N2O2. The van der Waals surface area contributed by atoms with Crippen LogP contribution in [0, 0.1) is 5.41 Å². The summed E-state index contributed by atoms with van der Waals surface area (Å²) in [5.74, 6) is 0. The summed E-state index contributed by atoms with van der Waals surface area (Å²) in [6, 6.07) is 14.4. The minimum atomic E-state index is -0.978. The van der Waals surface area contributed by atoms with Gasteiger partial charge in [0.15, 0.2) is 0 Å². The molecule has 25 heavy (non-hydrogen) atoms. The predicted molar refractivity (Wildman–Crippen MR) is 98.6 cm³/mol. The minimum absolute atomic E-state index is 0.143. The van der Waals surface area contributed by atoms with Gasteiger partial charge in [0.25, 0.3) is 0 Å². The van der Waals surface area contributed by atoms with E-state index in [4.69, 9.17) is 5.11 Å². The molecule has 0 bridgehead atoms. The van der Waals surface area contributed by atoms with Crippen LogP contribution in [0.3, 0.4) is 0 Å². The molecule has 1 aliphatic rings. The van der Waals surface area contributed by atoms with Crippen LogP contribution in [0.5, 0.6) is 0 Å². The first kappa shape index (κ1) is 15.6. The van der Waals surface area contributed by atoms with Crippen LogP contribution in [0.25, 0.3) is 21.9 Å². The van der Waals surface area contributed by atoms with E-state index in [9.17, 15) is 4.79 Å². The van der Waals surface area contributed by atoms with Crippen molar-refractivity contribution in [2.45, 2.75) is 26.3 Å². The van der Waals surface area contributed by atoms with Gasteiger partial charge >= 0.3 is 6.09 Å². The lowest BCUT2D eigenvalue weighted by molar-refractivity contribution is 0.175. The average molecular weight is 332 g/mol. The highest BCUT2D eigenvalue weighted by atomic mass is 16.4. The van der Waals surface area contributed by atoms with Gasteiger partial charge in [-0.25, -0.2) is 4.79 Å². The summed E-state index contributed by atoms with van der Waals surface area (Å²) in [6.45, 7) is 4.21. The van der Waals surface area contributed by atoms with Crippen LogP contribution < -0.4 is 5.32 Å². The van der Waals surface area contributed by atoms with Crippen LogP contribution in [-0.2, 0) is 6.42 Å². The third-order valence-corrected chi connectivity index (χ3v) is 5.13. The fraction of sp³-hybridized carbons (Fsp3) is 0.238. The second kappa shape index (κ2) is 5.59. The number of aromatic nitrogens is 1. The van der Waals surface area contributed by atoms with Crippen molar-refractivity contribution in [1.29, 1.82) is 0 Å². The van der Waals surface area contributed by atoms with Gasteiger partial charge in [-0.2, -0.15) is 0 Å². The number of carbonyl (C=O) groups is 1. The smallest absolute Gasteiger partial charge is 0.405 e. The molecule has 0 saturated heterocycles. The number of nitrogens with one attached hydrogen (secondary N) is 1. The normalized spacial score (nSPS) is 18.1. The number of benzene rings is 2. The summed E-state index contributed by atoms with van der Waals surface area (Å²) in [5, 5.41) is 14.1. The molecule has 0 saturated carbocycles. The number of fused-ring (bicyclic) bond motifs is 2. The van der Waals surface area contributed by atoms with Crippen LogP contribution in [0.1, 0.15) is 31.0 Å². The van der Waals surface area contributed by atoms with Crippen LogP contribution in [0.15, 0.2) is 54.9 Å². The Kier molecular flexibility index (Phi) is 3.49. The molecule has 0 aliphatic heterocycles. The molecule has 1 heterocycles. The first-order chi connectivity index (χ1) is 12.0. The maximum absolute atomic E-state index is 11.2. The quantitative estimate of drug-likeness (QED) is 0.709. The van der Waals surface area contributed by atoms with E-state index in [0.29, 0.717) is 0 Å². The van der Waals surface area contributed by atoms with Gasteiger partial charge in [-0.3, -0.25) is 4.98 Å². The zero-order chi connectivity index (χ0) is 17.6. The van der Waals surface area contributed by atoms with E-state index in [2.05, 4.69) is 54.5 Å². The Morgan fingerprint density at radius 2 is 2.00 bits per heavy atom. The van der Waals surface area contributed by atoms with Gasteiger partial charge < -0.3 is 10.4 Å². The summed E-state index contributed by atoms with van der Waals surface area (Å²) in [6.07, 6.45) is 3.65. The summed E-state index contributed by atoms with van der Waals surface area (Å²) in [7, 11) is 0. The molecule has 1 aromatic heterocycles. The third-order valence-electron chi connectivity index (χ3n) is 5.13. The number of hydrogen-bond donors (Lipinski definition) is 2. The highest BCUT2D eigenvalue weighted by Crippen LogP contribution is 2.46. The van der Waals surface area contributed by atoms with E-state index in [0.717, 1.165) is 28.5 Å². The van der Waals surface area contributed by atoms with Gasteiger partial charge in [0.1, 0.15) is 0 Å². The SMILES string of the molecule is CC1(C)Cc2cc(-c3cncc4ccccc34)ccc2C1NC(=O)O. The van der Waals surface area contributed by atoms with Gasteiger partial charge in [-0.15, -0.1) is 0 Å². The second-order valence-electron chi connectivity index (χ2n) is 7.37. The zero-order valence-corrected chi connectivity index (χ0v) is 14.3. The Balaban J connectivity index is 1.82. The first-order valence-electron chi connectivity index (χ1n) is 8.41. The van der Waals surface area contributed by atoms with E-state index < -0.39 is 6.09 Å². The Labute approximate surface area is 146 Å². The Morgan fingerprint density at radius 3 is 2.80 bits per heavy atom. The molecule has 2 N–H and O–H groups in total. The monoisotopic (exact) mass is 332 g/mol. The molecule has 1 atom stereocenters. The molecule has 0 spiro atoms. The van der Waals surface area contributed by atoms with Gasteiger partial charge in [0, 0.05) is 23.3 Å². The molecular weight excluding hydrogens is 312 g/mol. The zero-order valence-electron chi connectivity index (χ0n) is 14.3. The Morgan fingerprint density at radius 1 is 1.20 bits per heavy atom. The van der Waals surface area contributed by atoms with Crippen molar-refractivity contribution in [3.8, 4) is 11.1 Å².